The molecule has 1 saturated heterocycles. The Bertz CT molecular complexity index is 1290. The number of nitrogens with one attached hydrogen (secondary N) is 2. The zero-order valence-electron chi connectivity index (χ0n) is 17.8. The Morgan fingerprint density at radius 1 is 1.31 bits per heavy atom. The van der Waals surface area contributed by atoms with Crippen LogP contribution >= 0.6 is 11.6 Å². The number of fused-ring (bicyclic) bond motifs is 1. The molecule has 170 valence electrons. The maximum absolute atomic E-state index is 12.8. The van der Waals surface area contributed by atoms with Gasteiger partial charge in [0.1, 0.15) is 16.6 Å². The standard InChI is InChI=1S/C20H23ClN6O4S/c1-26-7-6-12(11-26)20(28)23-19-14-10-22-18(21)9-16(14)27(24-19)15-5-4-13(8-17(15)31-2)25-32(3,29)30/h4-5,8-10,12,25H,6-7,11H2,1-3H3,(H,23,24,28). The van der Waals surface area contributed by atoms with Gasteiger partial charge in [-0.1, -0.05) is 11.6 Å². The van der Waals surface area contributed by atoms with E-state index in [1.54, 1.807) is 35.1 Å². The highest BCUT2D eigenvalue weighted by atomic mass is 35.5. The molecule has 1 aliphatic rings. The molecule has 2 aromatic heterocycles. The summed E-state index contributed by atoms with van der Waals surface area (Å²) in [7, 11) is 0.0127. The first kappa shape index (κ1) is 22.3. The third-order valence-corrected chi connectivity index (χ3v) is 6.06. The summed E-state index contributed by atoms with van der Waals surface area (Å²) in [5.41, 5.74) is 1.51. The van der Waals surface area contributed by atoms with E-state index in [2.05, 4.69) is 25.0 Å². The normalized spacial score (nSPS) is 16.9. The van der Waals surface area contributed by atoms with Gasteiger partial charge in [0.05, 0.1) is 35.9 Å². The molecule has 3 heterocycles. The van der Waals surface area contributed by atoms with Crippen molar-refractivity contribution in [1.82, 2.24) is 19.7 Å². The lowest BCUT2D eigenvalue weighted by molar-refractivity contribution is -0.119. The Hall–Kier alpha value is -2.89. The molecule has 1 aromatic carbocycles. The number of hydrogen-bond acceptors (Lipinski definition) is 7. The second-order valence-electron chi connectivity index (χ2n) is 7.78. The van der Waals surface area contributed by atoms with Gasteiger partial charge >= 0.3 is 0 Å². The summed E-state index contributed by atoms with van der Waals surface area (Å²) in [5, 5.41) is 8.41. The molecule has 4 rings (SSSR count). The molecule has 1 atom stereocenters. The SMILES string of the molecule is COc1cc(NS(C)(=O)=O)ccc1-n1nc(NC(=O)C2CCN(C)C2)c2cnc(Cl)cc21. The van der Waals surface area contributed by atoms with Crippen LogP contribution in [0.1, 0.15) is 6.42 Å². The van der Waals surface area contributed by atoms with Crippen molar-refractivity contribution in [2.24, 2.45) is 5.92 Å². The van der Waals surface area contributed by atoms with Crippen LogP contribution < -0.4 is 14.8 Å². The number of pyridine rings is 1. The van der Waals surface area contributed by atoms with E-state index in [0.717, 1.165) is 19.2 Å². The second kappa shape index (κ2) is 8.57. The van der Waals surface area contributed by atoms with Crippen LogP contribution in [0.4, 0.5) is 11.5 Å². The topological polar surface area (TPSA) is 118 Å². The summed E-state index contributed by atoms with van der Waals surface area (Å²) in [5.74, 6) is 0.530. The van der Waals surface area contributed by atoms with Crippen molar-refractivity contribution in [3.8, 4) is 11.4 Å². The van der Waals surface area contributed by atoms with Gasteiger partial charge in [0.15, 0.2) is 5.82 Å². The van der Waals surface area contributed by atoms with Crippen molar-refractivity contribution in [2.75, 3.05) is 43.5 Å². The molecular formula is C20H23ClN6O4S. The van der Waals surface area contributed by atoms with Crippen molar-refractivity contribution < 1.29 is 17.9 Å². The van der Waals surface area contributed by atoms with Crippen molar-refractivity contribution in [3.63, 3.8) is 0 Å². The van der Waals surface area contributed by atoms with Crippen LogP contribution in [-0.4, -0.2) is 67.5 Å². The highest BCUT2D eigenvalue weighted by Crippen LogP contribution is 2.33. The molecule has 3 aromatic rings. The van der Waals surface area contributed by atoms with Crippen LogP contribution in [0, 0.1) is 5.92 Å². The van der Waals surface area contributed by atoms with Gasteiger partial charge in [0.25, 0.3) is 0 Å². The number of anilines is 2. The monoisotopic (exact) mass is 478 g/mol. The number of benzene rings is 1. The van der Waals surface area contributed by atoms with E-state index in [1.807, 2.05) is 7.05 Å². The number of carbonyl (C=O) groups is 1. The number of likely N-dealkylation sites (tertiary alicyclic amines) is 1. The lowest BCUT2D eigenvalue weighted by Crippen LogP contribution is -2.25. The van der Waals surface area contributed by atoms with Crippen LogP contribution in [0.2, 0.25) is 5.15 Å². The molecule has 10 nitrogen and oxygen atoms in total. The second-order valence-corrected chi connectivity index (χ2v) is 9.92. The predicted molar refractivity (Wildman–Crippen MR) is 123 cm³/mol. The van der Waals surface area contributed by atoms with E-state index >= 15 is 0 Å². The molecule has 0 radical (unpaired) electrons. The van der Waals surface area contributed by atoms with E-state index in [9.17, 15) is 13.2 Å². The fourth-order valence-electron chi connectivity index (χ4n) is 3.76. The number of aromatic nitrogens is 3. The Labute approximate surface area is 190 Å². The van der Waals surface area contributed by atoms with Gasteiger partial charge in [-0.2, -0.15) is 0 Å². The lowest BCUT2D eigenvalue weighted by Gasteiger charge is -2.12. The first-order valence-electron chi connectivity index (χ1n) is 9.84. The third kappa shape index (κ3) is 4.64. The van der Waals surface area contributed by atoms with Gasteiger partial charge in [0.2, 0.25) is 15.9 Å². The zero-order valence-corrected chi connectivity index (χ0v) is 19.4. The van der Waals surface area contributed by atoms with Crippen molar-refractivity contribution in [3.05, 3.63) is 35.6 Å². The number of hydrogen-bond donors (Lipinski definition) is 2. The minimum Gasteiger partial charge on any atom is -0.494 e. The minimum absolute atomic E-state index is 0.101. The van der Waals surface area contributed by atoms with E-state index in [-0.39, 0.29) is 17.0 Å². The number of methoxy groups -OCH3 is 1. The summed E-state index contributed by atoms with van der Waals surface area (Å²) in [6, 6.07) is 6.47. The molecule has 1 unspecified atom stereocenters. The van der Waals surface area contributed by atoms with Crippen molar-refractivity contribution >= 4 is 49.9 Å². The van der Waals surface area contributed by atoms with Crippen molar-refractivity contribution in [2.45, 2.75) is 6.42 Å². The van der Waals surface area contributed by atoms with Crippen LogP contribution in [0.25, 0.3) is 16.6 Å². The number of halogens is 1. The molecule has 0 saturated carbocycles. The van der Waals surface area contributed by atoms with Crippen molar-refractivity contribution in [1.29, 1.82) is 0 Å². The van der Waals surface area contributed by atoms with Gasteiger partial charge < -0.3 is 15.0 Å². The van der Waals surface area contributed by atoms with Crippen LogP contribution in [-0.2, 0) is 14.8 Å². The van der Waals surface area contributed by atoms with Crippen LogP contribution in [0.5, 0.6) is 5.75 Å². The summed E-state index contributed by atoms with van der Waals surface area (Å²) in [4.78, 5) is 19.0. The molecule has 1 aliphatic heterocycles. The van der Waals surface area contributed by atoms with Gasteiger partial charge in [-0.05, 0) is 32.1 Å². The van der Waals surface area contributed by atoms with Gasteiger partial charge in [-0.15, -0.1) is 5.10 Å². The van der Waals surface area contributed by atoms with Crippen LogP contribution in [0.15, 0.2) is 30.5 Å². The molecule has 1 amide bonds. The summed E-state index contributed by atoms with van der Waals surface area (Å²) in [6.07, 6.45) is 3.41. The number of sulfonamides is 1. The summed E-state index contributed by atoms with van der Waals surface area (Å²) < 4.78 is 32.6. The Kier molecular flexibility index (Phi) is 5.97. The first-order chi connectivity index (χ1) is 15.1. The van der Waals surface area contributed by atoms with Gasteiger partial charge in [-0.3, -0.25) is 9.52 Å². The Morgan fingerprint density at radius 2 is 2.09 bits per heavy atom. The molecule has 12 heteroatoms. The molecule has 2 N–H and O–H groups in total. The smallest absolute Gasteiger partial charge is 0.230 e. The van der Waals surface area contributed by atoms with E-state index < -0.39 is 10.0 Å². The third-order valence-electron chi connectivity index (χ3n) is 5.25. The fraction of sp³-hybridized carbons (Fsp3) is 0.350. The predicted octanol–water partition coefficient (Wildman–Crippen LogP) is 2.34. The molecule has 32 heavy (non-hydrogen) atoms. The molecular weight excluding hydrogens is 456 g/mol. The number of ether oxygens (including phenoxy) is 1. The number of rotatable bonds is 6. The quantitative estimate of drug-likeness (QED) is 0.522. The van der Waals surface area contributed by atoms with E-state index in [4.69, 9.17) is 16.3 Å². The zero-order chi connectivity index (χ0) is 23.0. The summed E-state index contributed by atoms with van der Waals surface area (Å²) >= 11 is 6.13. The Balaban J connectivity index is 1.76. The molecule has 0 aliphatic carbocycles. The highest BCUT2D eigenvalue weighted by Gasteiger charge is 2.27. The average molecular weight is 479 g/mol. The maximum Gasteiger partial charge on any atom is 0.230 e. The highest BCUT2D eigenvalue weighted by molar-refractivity contribution is 7.92. The summed E-state index contributed by atoms with van der Waals surface area (Å²) in [6.45, 7) is 1.56. The average Bonchev–Trinajstić information content (AvgIpc) is 3.30. The van der Waals surface area contributed by atoms with Gasteiger partial charge in [-0.25, -0.2) is 18.1 Å². The minimum atomic E-state index is -3.45. The van der Waals surface area contributed by atoms with E-state index in [1.165, 1.54) is 7.11 Å². The molecule has 0 bridgehead atoms. The van der Waals surface area contributed by atoms with E-state index in [0.29, 0.717) is 40.4 Å². The fourth-order valence-corrected chi connectivity index (χ4v) is 4.47. The maximum atomic E-state index is 12.8. The van der Waals surface area contributed by atoms with Gasteiger partial charge in [0, 0.05) is 24.9 Å². The number of carbonyl (C=O) groups excluding carboxylic acids is 1. The number of nitrogens with zero attached hydrogens (tertiary/aromatic N) is 4. The van der Waals surface area contributed by atoms with Crippen LogP contribution in [0.3, 0.4) is 0 Å². The number of amides is 1. The molecule has 0 spiro atoms. The molecule has 1 fully saturated rings. The Morgan fingerprint density at radius 3 is 2.75 bits per heavy atom. The lowest BCUT2D eigenvalue weighted by atomic mass is 10.1. The largest absolute Gasteiger partial charge is 0.494 e. The first-order valence-corrected chi connectivity index (χ1v) is 12.1.